The van der Waals surface area contributed by atoms with Crippen molar-refractivity contribution < 1.29 is 21.6 Å². The molecule has 1 aliphatic carbocycles. The van der Waals surface area contributed by atoms with Crippen molar-refractivity contribution in [1.29, 1.82) is 0 Å². The van der Waals surface area contributed by atoms with E-state index in [9.17, 15) is 16.8 Å². The minimum atomic E-state index is -3.83. The van der Waals surface area contributed by atoms with Gasteiger partial charge in [-0.2, -0.15) is 0 Å². The van der Waals surface area contributed by atoms with Gasteiger partial charge in [-0.3, -0.25) is 0 Å². The van der Waals surface area contributed by atoms with E-state index in [2.05, 4.69) is 5.32 Å². The Balaban J connectivity index is 1.97. The third-order valence-corrected chi connectivity index (χ3v) is 9.30. The lowest BCUT2D eigenvalue weighted by Gasteiger charge is -2.24. The fourth-order valence-corrected chi connectivity index (χ4v) is 8.76. The lowest BCUT2D eigenvalue weighted by Crippen LogP contribution is -2.47. The molecule has 0 aromatic heterocycles. The molecule has 0 amide bonds. The Morgan fingerprint density at radius 3 is 2.48 bits per heavy atom. The molecule has 1 N–H and O–H groups in total. The third-order valence-electron chi connectivity index (χ3n) is 5.13. The molecule has 0 spiro atoms. The van der Waals surface area contributed by atoms with Gasteiger partial charge < -0.3 is 10.1 Å². The van der Waals surface area contributed by atoms with Crippen molar-refractivity contribution in [2.75, 3.05) is 18.6 Å². The normalized spacial score (nSPS) is 26.8. The third kappa shape index (κ3) is 3.85. The first-order chi connectivity index (χ1) is 11.7. The SMILES string of the molecule is COc1ccc(C)cc1S(=O)(=O)[C@H]1CS(=O)(=O)C[C@H]1NC1CCCC1. The average molecular weight is 388 g/mol. The molecule has 2 fully saturated rings. The highest BCUT2D eigenvalue weighted by Gasteiger charge is 2.47. The van der Waals surface area contributed by atoms with E-state index in [4.69, 9.17) is 4.74 Å². The molecule has 0 bridgehead atoms. The zero-order valence-electron chi connectivity index (χ0n) is 14.6. The van der Waals surface area contributed by atoms with E-state index >= 15 is 0 Å². The van der Waals surface area contributed by atoms with Crippen LogP contribution < -0.4 is 10.1 Å². The highest BCUT2D eigenvalue weighted by molar-refractivity contribution is 7.96. The van der Waals surface area contributed by atoms with Gasteiger partial charge >= 0.3 is 0 Å². The van der Waals surface area contributed by atoms with Gasteiger partial charge in [-0.1, -0.05) is 18.9 Å². The highest BCUT2D eigenvalue weighted by atomic mass is 32.2. The van der Waals surface area contributed by atoms with Gasteiger partial charge in [0.15, 0.2) is 19.7 Å². The van der Waals surface area contributed by atoms with E-state index in [0.717, 1.165) is 31.2 Å². The number of nitrogens with one attached hydrogen (secondary N) is 1. The van der Waals surface area contributed by atoms with Crippen molar-refractivity contribution in [2.45, 2.75) is 54.8 Å². The summed E-state index contributed by atoms with van der Waals surface area (Å²) < 4.78 is 56.1. The predicted molar refractivity (Wildman–Crippen MR) is 96.5 cm³/mol. The minimum Gasteiger partial charge on any atom is -0.495 e. The molecule has 3 rings (SSSR count). The van der Waals surface area contributed by atoms with Crippen molar-refractivity contribution in [1.82, 2.24) is 5.32 Å². The maximum Gasteiger partial charge on any atom is 0.187 e. The van der Waals surface area contributed by atoms with Crippen LogP contribution in [-0.2, 0) is 19.7 Å². The van der Waals surface area contributed by atoms with Gasteiger partial charge in [0.2, 0.25) is 0 Å². The highest BCUT2D eigenvalue weighted by Crippen LogP contribution is 2.33. The molecule has 2 aliphatic rings. The molecule has 6 nitrogen and oxygen atoms in total. The number of hydrogen-bond donors (Lipinski definition) is 1. The molecule has 1 saturated carbocycles. The number of hydrogen-bond acceptors (Lipinski definition) is 6. The fourth-order valence-electron chi connectivity index (χ4n) is 3.84. The molecule has 1 heterocycles. The first-order valence-corrected chi connectivity index (χ1v) is 11.9. The van der Waals surface area contributed by atoms with Gasteiger partial charge in [-0.25, -0.2) is 16.8 Å². The predicted octanol–water partition coefficient (Wildman–Crippen LogP) is 1.48. The Morgan fingerprint density at radius 2 is 1.84 bits per heavy atom. The smallest absolute Gasteiger partial charge is 0.187 e. The van der Waals surface area contributed by atoms with Crippen LogP contribution in [0.3, 0.4) is 0 Å². The summed E-state index contributed by atoms with van der Waals surface area (Å²) in [7, 11) is -5.80. The molecular formula is C17H25NO5S2. The number of rotatable bonds is 5. The quantitative estimate of drug-likeness (QED) is 0.823. The van der Waals surface area contributed by atoms with Gasteiger partial charge in [0, 0.05) is 12.1 Å². The van der Waals surface area contributed by atoms with Crippen LogP contribution in [0.25, 0.3) is 0 Å². The Kier molecular flexibility index (Phi) is 5.14. The van der Waals surface area contributed by atoms with Gasteiger partial charge in [0.1, 0.15) is 10.6 Å². The van der Waals surface area contributed by atoms with E-state index in [0.29, 0.717) is 0 Å². The van der Waals surface area contributed by atoms with Crippen molar-refractivity contribution in [3.63, 3.8) is 0 Å². The first kappa shape index (κ1) is 18.7. The van der Waals surface area contributed by atoms with E-state index in [1.165, 1.54) is 7.11 Å². The second kappa shape index (κ2) is 6.89. The molecular weight excluding hydrogens is 362 g/mol. The Morgan fingerprint density at radius 1 is 1.16 bits per heavy atom. The monoisotopic (exact) mass is 387 g/mol. The van der Waals surface area contributed by atoms with Crippen LogP contribution in [0.4, 0.5) is 0 Å². The van der Waals surface area contributed by atoms with Gasteiger partial charge in [0.05, 0.1) is 23.9 Å². The van der Waals surface area contributed by atoms with Crippen LogP contribution >= 0.6 is 0 Å². The summed E-state index contributed by atoms with van der Waals surface area (Å²) in [6.07, 6.45) is 4.13. The summed E-state index contributed by atoms with van der Waals surface area (Å²) in [4.78, 5) is 0.0790. The molecule has 8 heteroatoms. The summed E-state index contributed by atoms with van der Waals surface area (Å²) in [6, 6.07) is 4.59. The van der Waals surface area contributed by atoms with Crippen LogP contribution in [-0.4, -0.2) is 52.8 Å². The number of benzene rings is 1. The maximum atomic E-state index is 13.3. The van der Waals surface area contributed by atoms with Crippen LogP contribution in [0.5, 0.6) is 5.75 Å². The standard InChI is InChI=1S/C17H25NO5S2/c1-12-7-8-15(23-2)16(9-12)25(21,22)17-11-24(19,20)10-14(17)18-13-5-3-4-6-13/h7-9,13-14,17-18H,3-6,10-11H2,1-2H3/t14-,17+/m1/s1. The molecule has 2 atom stereocenters. The average Bonchev–Trinajstić information content (AvgIpc) is 3.15. The van der Waals surface area contributed by atoms with Crippen molar-refractivity contribution in [3.8, 4) is 5.75 Å². The summed E-state index contributed by atoms with van der Waals surface area (Å²) in [5.74, 6) is -0.201. The van der Waals surface area contributed by atoms with Crippen LogP contribution in [0.1, 0.15) is 31.2 Å². The number of sulfone groups is 2. The maximum absolute atomic E-state index is 13.3. The Hall–Kier alpha value is -1.12. The van der Waals surface area contributed by atoms with E-state index < -0.39 is 31.0 Å². The molecule has 25 heavy (non-hydrogen) atoms. The van der Waals surface area contributed by atoms with E-state index in [-0.39, 0.29) is 28.2 Å². The summed E-state index contributed by atoms with van der Waals surface area (Å²) in [5.41, 5.74) is 0.792. The zero-order chi connectivity index (χ0) is 18.2. The summed E-state index contributed by atoms with van der Waals surface area (Å²) in [5, 5.41) is 2.33. The minimum absolute atomic E-state index is 0.0790. The fraction of sp³-hybridized carbons (Fsp3) is 0.647. The summed E-state index contributed by atoms with van der Waals surface area (Å²) in [6.45, 7) is 1.80. The molecule has 1 saturated heterocycles. The molecule has 140 valence electrons. The topological polar surface area (TPSA) is 89.5 Å². The summed E-state index contributed by atoms with van der Waals surface area (Å²) >= 11 is 0. The van der Waals surface area contributed by atoms with E-state index in [1.807, 2.05) is 0 Å². The zero-order valence-corrected chi connectivity index (χ0v) is 16.2. The van der Waals surface area contributed by atoms with Crippen molar-refractivity contribution in [3.05, 3.63) is 23.8 Å². The molecule has 1 aromatic carbocycles. The van der Waals surface area contributed by atoms with Crippen LogP contribution in [0.2, 0.25) is 0 Å². The first-order valence-electron chi connectivity index (χ1n) is 8.58. The second-order valence-corrected chi connectivity index (χ2v) is 11.4. The Labute approximate surface area is 149 Å². The number of methoxy groups -OCH3 is 1. The lowest BCUT2D eigenvalue weighted by atomic mass is 10.2. The van der Waals surface area contributed by atoms with Gasteiger partial charge in [-0.15, -0.1) is 0 Å². The van der Waals surface area contributed by atoms with Crippen molar-refractivity contribution in [2.24, 2.45) is 0 Å². The largest absolute Gasteiger partial charge is 0.495 e. The Bertz CT molecular complexity index is 842. The molecule has 1 aliphatic heterocycles. The number of ether oxygens (including phenoxy) is 1. The molecule has 1 aromatic rings. The van der Waals surface area contributed by atoms with Crippen LogP contribution in [0.15, 0.2) is 23.1 Å². The van der Waals surface area contributed by atoms with Crippen molar-refractivity contribution >= 4 is 19.7 Å². The molecule has 0 unspecified atom stereocenters. The van der Waals surface area contributed by atoms with Crippen LogP contribution in [0, 0.1) is 6.92 Å². The van der Waals surface area contributed by atoms with E-state index in [1.54, 1.807) is 25.1 Å². The van der Waals surface area contributed by atoms with Gasteiger partial charge in [-0.05, 0) is 37.5 Å². The van der Waals surface area contributed by atoms with Gasteiger partial charge in [0.25, 0.3) is 0 Å². The lowest BCUT2D eigenvalue weighted by molar-refractivity contribution is 0.401. The second-order valence-electron chi connectivity index (χ2n) is 7.07. The number of aryl methyl sites for hydroxylation is 1. The molecule has 0 radical (unpaired) electrons.